The fourth-order valence-electron chi connectivity index (χ4n) is 2.43. The third-order valence-corrected chi connectivity index (χ3v) is 6.20. The van der Waals surface area contributed by atoms with Crippen LogP contribution in [0.15, 0.2) is 22.4 Å². The van der Waals surface area contributed by atoms with Crippen LogP contribution in [0.5, 0.6) is 0 Å². The van der Waals surface area contributed by atoms with Gasteiger partial charge < -0.3 is 11.1 Å². The SMILES string of the molecule is Cc1cc(C)c(C)c(SCCC(=O)Nc2sccc2C(N)=O)c1C. The number of amides is 2. The average Bonchev–Trinajstić information content (AvgIpc) is 2.97. The zero-order chi connectivity index (χ0) is 17.9. The van der Waals surface area contributed by atoms with E-state index in [-0.39, 0.29) is 5.91 Å². The van der Waals surface area contributed by atoms with Crippen LogP contribution in [0.25, 0.3) is 0 Å². The molecule has 2 aromatic rings. The van der Waals surface area contributed by atoms with Crippen molar-refractivity contribution in [2.45, 2.75) is 39.0 Å². The molecular formula is C18H22N2O2S2. The molecule has 128 valence electrons. The number of hydrogen-bond acceptors (Lipinski definition) is 4. The number of thioether (sulfide) groups is 1. The molecular weight excluding hydrogens is 340 g/mol. The zero-order valence-electron chi connectivity index (χ0n) is 14.4. The molecule has 0 aliphatic carbocycles. The second-order valence-electron chi connectivity index (χ2n) is 5.76. The Balaban J connectivity index is 1.96. The van der Waals surface area contributed by atoms with Gasteiger partial charge in [0, 0.05) is 17.1 Å². The average molecular weight is 363 g/mol. The molecule has 1 aromatic heterocycles. The fraction of sp³-hybridized carbons (Fsp3) is 0.333. The van der Waals surface area contributed by atoms with Gasteiger partial charge in [0.05, 0.1) is 5.56 Å². The molecule has 0 saturated carbocycles. The maximum atomic E-state index is 12.1. The Hall–Kier alpha value is -1.79. The van der Waals surface area contributed by atoms with Gasteiger partial charge in [-0.05, 0) is 61.4 Å². The molecule has 1 aromatic carbocycles. The van der Waals surface area contributed by atoms with Crippen LogP contribution in [-0.4, -0.2) is 17.6 Å². The van der Waals surface area contributed by atoms with Gasteiger partial charge in [-0.3, -0.25) is 9.59 Å². The first-order valence-corrected chi connectivity index (χ1v) is 9.55. The lowest BCUT2D eigenvalue weighted by atomic mass is 10.0. The van der Waals surface area contributed by atoms with E-state index in [2.05, 4.69) is 39.1 Å². The van der Waals surface area contributed by atoms with E-state index in [1.165, 1.54) is 38.5 Å². The van der Waals surface area contributed by atoms with Crippen molar-refractivity contribution >= 4 is 39.9 Å². The number of nitrogens with two attached hydrogens (primary N) is 1. The van der Waals surface area contributed by atoms with Crippen LogP contribution in [0.1, 0.15) is 39.0 Å². The van der Waals surface area contributed by atoms with Crippen molar-refractivity contribution in [3.05, 3.63) is 45.3 Å². The summed E-state index contributed by atoms with van der Waals surface area (Å²) in [6, 6.07) is 3.82. The molecule has 0 fully saturated rings. The molecule has 2 rings (SSSR count). The minimum atomic E-state index is -0.526. The van der Waals surface area contributed by atoms with E-state index in [0.717, 1.165) is 0 Å². The third-order valence-electron chi connectivity index (χ3n) is 4.06. The summed E-state index contributed by atoms with van der Waals surface area (Å²) in [5.74, 6) is 0.0581. The number of thiophene rings is 1. The number of primary amides is 1. The number of benzene rings is 1. The molecule has 0 aliphatic rings. The first-order valence-electron chi connectivity index (χ1n) is 7.68. The van der Waals surface area contributed by atoms with E-state index in [9.17, 15) is 9.59 Å². The van der Waals surface area contributed by atoms with Crippen molar-refractivity contribution in [2.75, 3.05) is 11.1 Å². The van der Waals surface area contributed by atoms with Crippen LogP contribution in [0, 0.1) is 27.7 Å². The van der Waals surface area contributed by atoms with Crippen LogP contribution in [0.2, 0.25) is 0 Å². The number of rotatable bonds is 6. The Morgan fingerprint density at radius 2 is 1.79 bits per heavy atom. The summed E-state index contributed by atoms with van der Waals surface area (Å²) in [6.07, 6.45) is 0.382. The maximum Gasteiger partial charge on any atom is 0.251 e. The summed E-state index contributed by atoms with van der Waals surface area (Å²) in [7, 11) is 0. The summed E-state index contributed by atoms with van der Waals surface area (Å²) in [5.41, 5.74) is 10.7. The van der Waals surface area contributed by atoms with Gasteiger partial charge >= 0.3 is 0 Å². The van der Waals surface area contributed by atoms with Gasteiger partial charge in [-0.25, -0.2) is 0 Å². The number of anilines is 1. The van der Waals surface area contributed by atoms with E-state index >= 15 is 0 Å². The molecule has 6 heteroatoms. The van der Waals surface area contributed by atoms with Crippen LogP contribution in [0.4, 0.5) is 5.00 Å². The van der Waals surface area contributed by atoms with Crippen molar-refractivity contribution in [2.24, 2.45) is 5.73 Å². The lowest BCUT2D eigenvalue weighted by Gasteiger charge is -2.14. The van der Waals surface area contributed by atoms with Gasteiger partial charge in [0.1, 0.15) is 5.00 Å². The predicted octanol–water partition coefficient (Wildman–Crippen LogP) is 4.20. The summed E-state index contributed by atoms with van der Waals surface area (Å²) < 4.78 is 0. The first kappa shape index (κ1) is 18.5. The largest absolute Gasteiger partial charge is 0.366 e. The summed E-state index contributed by atoms with van der Waals surface area (Å²) in [4.78, 5) is 24.6. The maximum absolute atomic E-state index is 12.1. The Labute approximate surface area is 150 Å². The lowest BCUT2D eigenvalue weighted by molar-refractivity contribution is -0.115. The zero-order valence-corrected chi connectivity index (χ0v) is 16.0. The second kappa shape index (κ2) is 7.85. The van der Waals surface area contributed by atoms with Gasteiger partial charge in [0.25, 0.3) is 5.91 Å². The third kappa shape index (κ3) is 4.19. The van der Waals surface area contributed by atoms with Gasteiger partial charge in [-0.2, -0.15) is 0 Å². The highest BCUT2D eigenvalue weighted by Gasteiger charge is 2.13. The summed E-state index contributed by atoms with van der Waals surface area (Å²) in [5, 5.41) is 5.04. The van der Waals surface area contributed by atoms with Crippen molar-refractivity contribution in [3.8, 4) is 0 Å². The standard InChI is InChI=1S/C18H22N2O2S2/c1-10-9-11(2)13(4)16(12(10)3)23-8-6-15(21)20-18-14(17(19)22)5-7-24-18/h5,7,9H,6,8H2,1-4H3,(H2,19,22)(H,20,21). The quantitative estimate of drug-likeness (QED) is 0.756. The predicted molar refractivity (Wildman–Crippen MR) is 102 cm³/mol. The molecule has 3 N–H and O–H groups in total. The van der Waals surface area contributed by atoms with E-state index in [1.807, 2.05) is 0 Å². The number of nitrogens with one attached hydrogen (secondary N) is 1. The molecule has 0 unspecified atom stereocenters. The van der Waals surface area contributed by atoms with E-state index < -0.39 is 5.91 Å². The molecule has 0 radical (unpaired) electrons. The monoisotopic (exact) mass is 362 g/mol. The van der Waals surface area contributed by atoms with Crippen molar-refractivity contribution < 1.29 is 9.59 Å². The van der Waals surface area contributed by atoms with Gasteiger partial charge in [-0.15, -0.1) is 23.1 Å². The van der Waals surface area contributed by atoms with Crippen LogP contribution >= 0.6 is 23.1 Å². The van der Waals surface area contributed by atoms with Crippen LogP contribution < -0.4 is 11.1 Å². The number of hydrogen-bond donors (Lipinski definition) is 2. The van der Waals surface area contributed by atoms with Gasteiger partial charge in [-0.1, -0.05) is 6.07 Å². The van der Waals surface area contributed by atoms with E-state index in [1.54, 1.807) is 23.2 Å². The Bertz CT molecular complexity index is 755. The highest BCUT2D eigenvalue weighted by Crippen LogP contribution is 2.31. The minimum Gasteiger partial charge on any atom is -0.366 e. The molecule has 0 atom stereocenters. The Kier molecular flexibility index (Phi) is 6.07. The molecule has 0 bridgehead atoms. The molecule has 0 spiro atoms. The number of aryl methyl sites for hydroxylation is 2. The van der Waals surface area contributed by atoms with E-state index in [4.69, 9.17) is 5.73 Å². The lowest BCUT2D eigenvalue weighted by Crippen LogP contribution is -2.16. The Morgan fingerprint density at radius 3 is 2.38 bits per heavy atom. The molecule has 4 nitrogen and oxygen atoms in total. The van der Waals surface area contributed by atoms with Crippen molar-refractivity contribution in [1.29, 1.82) is 0 Å². The minimum absolute atomic E-state index is 0.105. The smallest absolute Gasteiger partial charge is 0.251 e. The molecule has 1 heterocycles. The topological polar surface area (TPSA) is 72.2 Å². The highest BCUT2D eigenvalue weighted by atomic mass is 32.2. The number of carbonyl (C=O) groups excluding carboxylic acids is 2. The molecule has 0 saturated heterocycles. The normalized spacial score (nSPS) is 10.7. The molecule has 2 amide bonds. The van der Waals surface area contributed by atoms with Crippen LogP contribution in [-0.2, 0) is 4.79 Å². The molecule has 24 heavy (non-hydrogen) atoms. The fourth-order valence-corrected chi connectivity index (χ4v) is 4.49. The van der Waals surface area contributed by atoms with E-state index in [0.29, 0.717) is 22.7 Å². The van der Waals surface area contributed by atoms with Crippen molar-refractivity contribution in [3.63, 3.8) is 0 Å². The molecule has 0 aliphatic heterocycles. The first-order chi connectivity index (χ1) is 11.3. The Morgan fingerprint density at radius 1 is 1.17 bits per heavy atom. The summed E-state index contributed by atoms with van der Waals surface area (Å²) >= 11 is 3.01. The summed E-state index contributed by atoms with van der Waals surface area (Å²) in [6.45, 7) is 8.46. The second-order valence-corrected chi connectivity index (χ2v) is 7.79. The van der Waals surface area contributed by atoms with Gasteiger partial charge in [0.15, 0.2) is 0 Å². The highest BCUT2D eigenvalue weighted by molar-refractivity contribution is 7.99. The van der Waals surface area contributed by atoms with Crippen LogP contribution in [0.3, 0.4) is 0 Å². The number of carbonyl (C=O) groups is 2. The van der Waals surface area contributed by atoms with Crippen molar-refractivity contribution in [1.82, 2.24) is 0 Å². The van der Waals surface area contributed by atoms with Gasteiger partial charge in [0.2, 0.25) is 5.91 Å².